The number of carbonyl (C=O) groups is 2. The van der Waals surface area contributed by atoms with Crippen LogP contribution in [0.4, 0.5) is 24.5 Å². The van der Waals surface area contributed by atoms with Crippen molar-refractivity contribution in [2.45, 2.75) is 64.6 Å². The lowest BCUT2D eigenvalue weighted by Crippen LogP contribution is -2.23. The van der Waals surface area contributed by atoms with Crippen LogP contribution in [0.15, 0.2) is 47.4 Å². The van der Waals surface area contributed by atoms with Gasteiger partial charge in [0.05, 0.1) is 21.8 Å². The van der Waals surface area contributed by atoms with Crippen molar-refractivity contribution in [3.8, 4) is 0 Å². The summed E-state index contributed by atoms with van der Waals surface area (Å²) in [4.78, 5) is 22.9. The van der Waals surface area contributed by atoms with Gasteiger partial charge in [-0.1, -0.05) is 26.0 Å². The molecular weight excluding hydrogens is 577 g/mol. The molecule has 0 bridgehead atoms. The van der Waals surface area contributed by atoms with Gasteiger partial charge in [0.1, 0.15) is 0 Å². The Morgan fingerprint density at radius 2 is 1.64 bits per heavy atom. The summed E-state index contributed by atoms with van der Waals surface area (Å²) in [7, 11) is -2.02. The smallest absolute Gasteiger partial charge is 0.478 e. The number of halogens is 3. The minimum atomic E-state index is -5.08. The molecule has 0 atom stereocenters. The molecule has 0 saturated heterocycles. The number of rotatable bonds is 10. The number of sulfonamides is 1. The van der Waals surface area contributed by atoms with E-state index in [0.29, 0.717) is 18.7 Å². The van der Waals surface area contributed by atoms with Gasteiger partial charge in [0.15, 0.2) is 0 Å². The Labute approximate surface area is 242 Å². The molecule has 230 valence electrons. The van der Waals surface area contributed by atoms with Gasteiger partial charge in [0, 0.05) is 31.5 Å². The number of hydrogen-bond donors (Lipinski definition) is 3. The van der Waals surface area contributed by atoms with Crippen LogP contribution >= 0.6 is 0 Å². The lowest BCUT2D eigenvalue weighted by Gasteiger charge is -2.22. The van der Waals surface area contributed by atoms with Gasteiger partial charge >= 0.3 is 18.1 Å². The molecule has 3 rings (SSSR count). The Kier molecular flexibility index (Phi) is 11.2. The second-order valence-electron chi connectivity index (χ2n) is 9.81. The van der Waals surface area contributed by atoms with Crippen LogP contribution in [0.3, 0.4) is 0 Å². The molecule has 0 aliphatic heterocycles. The molecule has 0 unspecified atom stereocenters. The van der Waals surface area contributed by atoms with E-state index in [9.17, 15) is 31.5 Å². The number of aromatic carboxylic acids is 1. The van der Waals surface area contributed by atoms with Crippen LogP contribution in [0.2, 0.25) is 0 Å². The molecule has 0 amide bonds. The number of aryl methyl sites for hydroxylation is 2. The predicted octanol–water partition coefficient (Wildman–Crippen LogP) is 5.45. The van der Waals surface area contributed by atoms with Crippen molar-refractivity contribution in [3.05, 3.63) is 70.5 Å². The molecule has 0 radical (unpaired) electrons. The fourth-order valence-corrected chi connectivity index (χ4v) is 5.20. The number of alkyl halides is 3. The van der Waals surface area contributed by atoms with E-state index in [2.05, 4.69) is 9.82 Å². The van der Waals surface area contributed by atoms with Gasteiger partial charge in [-0.05, 0) is 74.6 Å². The fourth-order valence-electron chi connectivity index (χ4n) is 4.15. The molecule has 42 heavy (non-hydrogen) atoms. The van der Waals surface area contributed by atoms with Crippen LogP contribution in [0, 0.1) is 13.8 Å². The summed E-state index contributed by atoms with van der Waals surface area (Å²) in [6, 6.07) is 11.3. The van der Waals surface area contributed by atoms with E-state index in [1.54, 1.807) is 36.4 Å². The van der Waals surface area contributed by atoms with E-state index in [1.807, 2.05) is 51.2 Å². The van der Waals surface area contributed by atoms with Gasteiger partial charge in [-0.15, -0.1) is 0 Å². The third-order valence-electron chi connectivity index (χ3n) is 6.52. The SMILES string of the molecule is CCn1nc(C)c(CCN(C)c2ccc(NS(=O)(=O)c3ccc(C(C)C)cc3)cc2C(=O)O)c1C.O=C(O)C(F)(F)F. The molecule has 1 aromatic heterocycles. The first-order valence-electron chi connectivity index (χ1n) is 12.9. The van der Waals surface area contributed by atoms with E-state index in [1.165, 1.54) is 6.07 Å². The highest BCUT2D eigenvalue weighted by Crippen LogP contribution is 2.27. The number of aromatic nitrogens is 2. The van der Waals surface area contributed by atoms with Crippen LogP contribution in [0.5, 0.6) is 0 Å². The highest BCUT2D eigenvalue weighted by molar-refractivity contribution is 7.92. The van der Waals surface area contributed by atoms with Crippen molar-refractivity contribution in [3.63, 3.8) is 0 Å². The second-order valence-corrected chi connectivity index (χ2v) is 11.5. The van der Waals surface area contributed by atoms with Gasteiger partial charge in [0.2, 0.25) is 0 Å². The molecule has 0 spiro atoms. The Balaban J connectivity index is 0.000000782. The molecule has 3 N–H and O–H groups in total. The third-order valence-corrected chi connectivity index (χ3v) is 7.92. The van der Waals surface area contributed by atoms with Crippen LogP contribution in [0.25, 0.3) is 0 Å². The third kappa shape index (κ3) is 8.71. The minimum Gasteiger partial charge on any atom is -0.478 e. The number of anilines is 2. The van der Waals surface area contributed by atoms with E-state index >= 15 is 0 Å². The molecule has 0 fully saturated rings. The van der Waals surface area contributed by atoms with E-state index in [0.717, 1.165) is 29.1 Å². The summed E-state index contributed by atoms with van der Waals surface area (Å²) in [5, 5.41) is 21.5. The van der Waals surface area contributed by atoms with Crippen LogP contribution in [-0.2, 0) is 27.8 Å². The molecule has 0 saturated carbocycles. The minimum absolute atomic E-state index is 0.0283. The molecule has 1 heterocycles. The number of benzene rings is 2. The molecule has 0 aliphatic rings. The normalized spacial score (nSPS) is 11.6. The van der Waals surface area contributed by atoms with Crippen molar-refractivity contribution in [1.82, 2.24) is 9.78 Å². The Hall–Kier alpha value is -4.07. The average molecular weight is 613 g/mol. The summed E-state index contributed by atoms with van der Waals surface area (Å²) in [6.45, 7) is 11.5. The highest BCUT2D eigenvalue weighted by atomic mass is 32.2. The molecule has 3 aromatic rings. The largest absolute Gasteiger partial charge is 0.490 e. The maximum Gasteiger partial charge on any atom is 0.490 e. The van der Waals surface area contributed by atoms with Crippen LogP contribution < -0.4 is 9.62 Å². The zero-order chi connectivity index (χ0) is 32.0. The molecule has 0 aliphatic carbocycles. The number of hydrogen-bond acceptors (Lipinski definition) is 6. The van der Waals surface area contributed by atoms with Crippen molar-refractivity contribution in [2.75, 3.05) is 23.2 Å². The number of likely N-dealkylation sites (N-methyl/N-ethyl adjacent to an activating group) is 1. The van der Waals surface area contributed by atoms with Gasteiger partial charge in [0.25, 0.3) is 10.0 Å². The summed E-state index contributed by atoms with van der Waals surface area (Å²) in [5.74, 6) is -3.59. The van der Waals surface area contributed by atoms with Crippen LogP contribution in [0.1, 0.15) is 59.6 Å². The van der Waals surface area contributed by atoms with Gasteiger partial charge in [-0.25, -0.2) is 18.0 Å². The Bertz CT molecular complexity index is 1520. The number of nitrogens with one attached hydrogen (secondary N) is 1. The summed E-state index contributed by atoms with van der Waals surface area (Å²) >= 11 is 0. The molecular formula is C28H35F3N4O6S. The lowest BCUT2D eigenvalue weighted by molar-refractivity contribution is -0.192. The number of aliphatic carboxylic acids is 1. The highest BCUT2D eigenvalue weighted by Gasteiger charge is 2.38. The Morgan fingerprint density at radius 1 is 1.07 bits per heavy atom. The summed E-state index contributed by atoms with van der Waals surface area (Å²) in [5.41, 5.74) is 5.02. The summed E-state index contributed by atoms with van der Waals surface area (Å²) in [6.07, 6.45) is -4.37. The quantitative estimate of drug-likeness (QED) is 0.274. The molecule has 2 aromatic carbocycles. The maximum atomic E-state index is 12.9. The number of carboxylic acids is 2. The van der Waals surface area contributed by atoms with E-state index in [-0.39, 0.29) is 22.1 Å². The first-order valence-corrected chi connectivity index (χ1v) is 14.4. The van der Waals surface area contributed by atoms with Gasteiger partial charge < -0.3 is 15.1 Å². The lowest BCUT2D eigenvalue weighted by atomic mass is 10.0. The second kappa shape index (κ2) is 13.7. The van der Waals surface area contributed by atoms with E-state index in [4.69, 9.17) is 9.90 Å². The number of nitrogens with zero attached hydrogens (tertiary/aromatic N) is 3. The van der Waals surface area contributed by atoms with Crippen molar-refractivity contribution < 1.29 is 41.4 Å². The maximum absolute atomic E-state index is 12.9. The predicted molar refractivity (Wildman–Crippen MR) is 153 cm³/mol. The zero-order valence-electron chi connectivity index (χ0n) is 24.2. The van der Waals surface area contributed by atoms with Crippen molar-refractivity contribution in [2.24, 2.45) is 0 Å². The van der Waals surface area contributed by atoms with Crippen molar-refractivity contribution in [1.29, 1.82) is 0 Å². The molecule has 14 heteroatoms. The topological polar surface area (TPSA) is 142 Å². The van der Waals surface area contributed by atoms with Crippen LogP contribution in [-0.4, -0.2) is 60.1 Å². The first kappa shape index (κ1) is 34.1. The standard InChI is InChI=1S/C26H34N4O4S.C2HF3O2/c1-7-30-19(5)23(18(4)27-30)14-15-29(6)25-13-10-21(16-24(25)26(31)32)28-35(33,34)22-11-8-20(9-12-22)17(2)3;3-2(4,5)1(6)7/h8-13,16-17,28H,7,14-15H2,1-6H3,(H,31,32);(H,6,7). The van der Waals surface area contributed by atoms with Crippen molar-refractivity contribution >= 4 is 33.3 Å². The van der Waals surface area contributed by atoms with Gasteiger partial charge in [-0.3, -0.25) is 9.40 Å². The number of carboxylic acid groups (broad SMARTS) is 2. The van der Waals surface area contributed by atoms with E-state index < -0.39 is 28.1 Å². The molecule has 10 nitrogen and oxygen atoms in total. The average Bonchev–Trinajstić information content (AvgIpc) is 3.18. The summed E-state index contributed by atoms with van der Waals surface area (Å²) < 4.78 is 61.9. The zero-order valence-corrected chi connectivity index (χ0v) is 25.0. The fraction of sp³-hybridized carbons (Fsp3) is 0.393. The van der Waals surface area contributed by atoms with Gasteiger partial charge in [-0.2, -0.15) is 18.3 Å². The Morgan fingerprint density at radius 3 is 2.10 bits per heavy atom. The monoisotopic (exact) mass is 612 g/mol. The first-order chi connectivity index (χ1) is 19.4.